The molecule has 3 heterocycles. The lowest BCUT2D eigenvalue weighted by molar-refractivity contribution is -0.142. The minimum Gasteiger partial charge on any atom is -0.492 e. The molecule has 7 nitrogen and oxygen atoms in total. The average Bonchev–Trinajstić information content (AvgIpc) is 3.23. The van der Waals surface area contributed by atoms with E-state index in [1.807, 2.05) is 0 Å². The highest BCUT2D eigenvalue weighted by Gasteiger charge is 2.44. The molecule has 34 heavy (non-hydrogen) atoms. The normalized spacial score (nSPS) is 18.8. The van der Waals surface area contributed by atoms with Crippen molar-refractivity contribution in [1.82, 2.24) is 20.0 Å². The second kappa shape index (κ2) is 9.42. The number of benzene rings is 1. The van der Waals surface area contributed by atoms with Crippen molar-refractivity contribution in [2.45, 2.75) is 32.4 Å². The Morgan fingerprint density at radius 2 is 1.88 bits per heavy atom. The maximum Gasteiger partial charge on any atom is 0.435 e. The lowest BCUT2D eigenvalue weighted by atomic mass is 9.82. The molecule has 1 aromatic carbocycles. The van der Waals surface area contributed by atoms with Crippen LogP contribution in [0.3, 0.4) is 0 Å². The third-order valence-electron chi connectivity index (χ3n) is 6.16. The van der Waals surface area contributed by atoms with E-state index >= 15 is 0 Å². The number of hydrogen-bond acceptors (Lipinski definition) is 5. The number of morpholine rings is 1. The fourth-order valence-corrected chi connectivity index (χ4v) is 4.45. The van der Waals surface area contributed by atoms with Crippen LogP contribution in [-0.2, 0) is 16.3 Å². The number of halogens is 3. The molecular formula is C24H29F3N4O3. The van der Waals surface area contributed by atoms with Crippen LogP contribution in [0.4, 0.5) is 13.2 Å². The number of amides is 1. The largest absolute Gasteiger partial charge is 0.492 e. The first-order valence-electron chi connectivity index (χ1n) is 11.2. The molecule has 0 spiro atoms. The van der Waals surface area contributed by atoms with Gasteiger partial charge in [0.25, 0.3) is 5.91 Å². The highest BCUT2D eigenvalue weighted by molar-refractivity contribution is 5.96. The smallest absolute Gasteiger partial charge is 0.435 e. The number of aromatic amines is 1. The monoisotopic (exact) mass is 478 g/mol. The predicted molar refractivity (Wildman–Crippen MR) is 120 cm³/mol. The molecule has 1 aromatic heterocycles. The minimum absolute atomic E-state index is 0.0769. The molecule has 1 fully saturated rings. The summed E-state index contributed by atoms with van der Waals surface area (Å²) in [6, 6.07) is 6.82. The number of H-pyrrole nitrogens is 1. The summed E-state index contributed by atoms with van der Waals surface area (Å²) < 4.78 is 51.8. The zero-order chi connectivity index (χ0) is 24.5. The Hall–Kier alpha value is -2.85. The lowest BCUT2D eigenvalue weighted by Gasteiger charge is -2.30. The first-order chi connectivity index (χ1) is 16.1. The van der Waals surface area contributed by atoms with E-state index in [0.717, 1.165) is 32.8 Å². The van der Waals surface area contributed by atoms with E-state index < -0.39 is 17.3 Å². The zero-order valence-corrected chi connectivity index (χ0v) is 19.5. The summed E-state index contributed by atoms with van der Waals surface area (Å²) in [6.07, 6.45) is -3.00. The lowest BCUT2D eigenvalue weighted by Crippen LogP contribution is -2.38. The Labute approximate surface area is 196 Å². The second-order valence-electron chi connectivity index (χ2n) is 9.28. The third kappa shape index (κ3) is 5.12. The molecule has 0 aliphatic carbocycles. The van der Waals surface area contributed by atoms with E-state index in [0.29, 0.717) is 29.2 Å². The predicted octanol–water partition coefficient (Wildman–Crippen LogP) is 3.93. The standard InChI is InChI=1S/C24H29F3N4O3/c1-16-14-31(15-23(2,3)19-20(16)28-29-21(19)24(25,26)27)22(32)17-4-6-18(7-5-17)34-13-10-30-8-11-33-12-9-30/h4-7,14H,8-13,15H2,1-3H3,(H,28,29). The van der Waals surface area contributed by atoms with Crippen molar-refractivity contribution in [2.24, 2.45) is 0 Å². The van der Waals surface area contributed by atoms with E-state index in [-0.39, 0.29) is 18.0 Å². The number of hydrogen-bond donors (Lipinski definition) is 1. The third-order valence-corrected chi connectivity index (χ3v) is 6.16. The van der Waals surface area contributed by atoms with Crippen LogP contribution in [0.2, 0.25) is 0 Å². The molecule has 0 radical (unpaired) electrons. The van der Waals surface area contributed by atoms with Crippen molar-refractivity contribution in [1.29, 1.82) is 0 Å². The molecular weight excluding hydrogens is 449 g/mol. The Morgan fingerprint density at radius 3 is 2.53 bits per heavy atom. The van der Waals surface area contributed by atoms with Gasteiger partial charge in [-0.3, -0.25) is 14.8 Å². The zero-order valence-electron chi connectivity index (χ0n) is 19.5. The average molecular weight is 479 g/mol. The van der Waals surface area contributed by atoms with Gasteiger partial charge in [-0.1, -0.05) is 13.8 Å². The highest BCUT2D eigenvalue weighted by Crippen LogP contribution is 2.42. The Balaban J connectivity index is 1.45. The summed E-state index contributed by atoms with van der Waals surface area (Å²) in [6.45, 7) is 9.70. The molecule has 4 rings (SSSR count). The summed E-state index contributed by atoms with van der Waals surface area (Å²) in [5.74, 6) is 0.363. The maximum atomic E-state index is 13.6. The number of fused-ring (bicyclic) bond motifs is 1. The van der Waals surface area contributed by atoms with Gasteiger partial charge in [0.2, 0.25) is 0 Å². The van der Waals surface area contributed by atoms with Crippen molar-refractivity contribution >= 4 is 11.5 Å². The molecule has 2 aliphatic heterocycles. The van der Waals surface area contributed by atoms with Crippen molar-refractivity contribution in [3.8, 4) is 5.75 Å². The van der Waals surface area contributed by atoms with Crippen LogP contribution in [0, 0.1) is 0 Å². The maximum absolute atomic E-state index is 13.6. The fraction of sp³-hybridized carbons (Fsp3) is 0.500. The van der Waals surface area contributed by atoms with Gasteiger partial charge in [0.1, 0.15) is 12.4 Å². The Kier molecular flexibility index (Phi) is 6.73. The minimum atomic E-state index is -4.58. The summed E-state index contributed by atoms with van der Waals surface area (Å²) in [5.41, 5.74) is -0.586. The van der Waals surface area contributed by atoms with Gasteiger partial charge < -0.3 is 14.4 Å². The first-order valence-corrected chi connectivity index (χ1v) is 11.2. The number of nitrogens with zero attached hydrogens (tertiary/aromatic N) is 3. The molecule has 0 unspecified atom stereocenters. The first kappa shape index (κ1) is 24.3. The molecule has 1 N–H and O–H groups in total. The van der Waals surface area contributed by atoms with E-state index in [4.69, 9.17) is 9.47 Å². The highest BCUT2D eigenvalue weighted by atomic mass is 19.4. The summed E-state index contributed by atoms with van der Waals surface area (Å²) >= 11 is 0. The van der Waals surface area contributed by atoms with Crippen LogP contribution >= 0.6 is 0 Å². The van der Waals surface area contributed by atoms with Gasteiger partial charge in [-0.05, 0) is 36.8 Å². The van der Waals surface area contributed by atoms with Crippen LogP contribution in [0.1, 0.15) is 48.1 Å². The number of alkyl halides is 3. The fourth-order valence-electron chi connectivity index (χ4n) is 4.45. The van der Waals surface area contributed by atoms with E-state index in [2.05, 4.69) is 15.1 Å². The van der Waals surface area contributed by atoms with Crippen LogP contribution < -0.4 is 4.74 Å². The van der Waals surface area contributed by atoms with Gasteiger partial charge >= 0.3 is 6.18 Å². The summed E-state index contributed by atoms with van der Waals surface area (Å²) in [7, 11) is 0. The summed E-state index contributed by atoms with van der Waals surface area (Å²) in [4.78, 5) is 17.0. The quantitative estimate of drug-likeness (QED) is 0.705. The van der Waals surface area contributed by atoms with Gasteiger partial charge in [0, 0.05) is 48.9 Å². The van der Waals surface area contributed by atoms with Gasteiger partial charge in [0.15, 0.2) is 5.69 Å². The Morgan fingerprint density at radius 1 is 1.21 bits per heavy atom. The number of carbonyl (C=O) groups is 1. The molecule has 10 heteroatoms. The van der Waals surface area contributed by atoms with Crippen LogP contribution in [-0.4, -0.2) is 71.9 Å². The molecule has 0 atom stereocenters. The van der Waals surface area contributed by atoms with Crippen molar-refractivity contribution in [2.75, 3.05) is 46.0 Å². The number of allylic oxidation sites excluding steroid dienone is 1. The Bertz CT molecular complexity index is 1050. The van der Waals surface area contributed by atoms with Gasteiger partial charge in [0.05, 0.1) is 18.9 Å². The van der Waals surface area contributed by atoms with Crippen LogP contribution in [0.15, 0.2) is 30.5 Å². The molecule has 2 aliphatic rings. The van der Waals surface area contributed by atoms with Crippen molar-refractivity contribution in [3.63, 3.8) is 0 Å². The number of rotatable bonds is 5. The number of nitrogens with one attached hydrogen (secondary N) is 1. The molecule has 1 saturated heterocycles. The van der Waals surface area contributed by atoms with Gasteiger partial charge in [-0.2, -0.15) is 18.3 Å². The van der Waals surface area contributed by atoms with E-state index in [1.165, 1.54) is 4.90 Å². The molecule has 0 bridgehead atoms. The van der Waals surface area contributed by atoms with Gasteiger partial charge in [-0.25, -0.2) is 0 Å². The molecule has 2 aromatic rings. The van der Waals surface area contributed by atoms with Crippen LogP contribution in [0.25, 0.3) is 5.57 Å². The van der Waals surface area contributed by atoms with Crippen molar-refractivity contribution in [3.05, 3.63) is 53.0 Å². The molecule has 1 amide bonds. The number of carbonyl (C=O) groups excluding carboxylic acids is 1. The number of ether oxygens (including phenoxy) is 2. The van der Waals surface area contributed by atoms with E-state index in [1.54, 1.807) is 51.2 Å². The SMILES string of the molecule is CC1=CN(C(=O)c2ccc(OCCN3CCOCC3)cc2)CC(C)(C)c2c(C(F)(F)F)n[nH]c21. The van der Waals surface area contributed by atoms with Crippen LogP contribution in [0.5, 0.6) is 5.75 Å². The second-order valence-corrected chi connectivity index (χ2v) is 9.28. The van der Waals surface area contributed by atoms with E-state index in [9.17, 15) is 18.0 Å². The molecule has 0 saturated carbocycles. The topological polar surface area (TPSA) is 70.7 Å². The summed E-state index contributed by atoms with van der Waals surface area (Å²) in [5, 5.41) is 6.06. The number of aromatic nitrogens is 2. The van der Waals surface area contributed by atoms with Crippen molar-refractivity contribution < 1.29 is 27.4 Å². The van der Waals surface area contributed by atoms with Gasteiger partial charge in [-0.15, -0.1) is 0 Å². The molecule has 184 valence electrons.